The maximum absolute atomic E-state index is 8.93. The van der Waals surface area contributed by atoms with Gasteiger partial charge < -0.3 is 10.0 Å². The van der Waals surface area contributed by atoms with Gasteiger partial charge >= 0.3 is 0 Å². The van der Waals surface area contributed by atoms with Crippen LogP contribution in [-0.2, 0) is 6.42 Å². The molecular formula is C14H21NO. The van der Waals surface area contributed by atoms with Crippen molar-refractivity contribution < 1.29 is 5.11 Å². The van der Waals surface area contributed by atoms with E-state index in [2.05, 4.69) is 30.9 Å². The SMILES string of the molecule is Cc1cc(C)c2c(c1)N(CCCO)CCC2. The molecule has 1 aliphatic heterocycles. The topological polar surface area (TPSA) is 23.5 Å². The Bertz CT molecular complexity index is 373. The monoisotopic (exact) mass is 219 g/mol. The minimum atomic E-state index is 0.288. The number of fused-ring (bicyclic) bond motifs is 1. The molecule has 1 aromatic rings. The van der Waals surface area contributed by atoms with E-state index in [0.717, 1.165) is 19.5 Å². The van der Waals surface area contributed by atoms with Gasteiger partial charge in [-0.25, -0.2) is 0 Å². The fraction of sp³-hybridized carbons (Fsp3) is 0.571. The van der Waals surface area contributed by atoms with Gasteiger partial charge in [0.25, 0.3) is 0 Å². The molecule has 0 aromatic heterocycles. The maximum atomic E-state index is 8.93. The van der Waals surface area contributed by atoms with Gasteiger partial charge in [0.15, 0.2) is 0 Å². The van der Waals surface area contributed by atoms with Gasteiger partial charge in [-0.05, 0) is 55.9 Å². The van der Waals surface area contributed by atoms with E-state index in [4.69, 9.17) is 5.11 Å². The molecule has 1 N–H and O–H groups in total. The number of hydrogen-bond acceptors (Lipinski definition) is 2. The minimum absolute atomic E-state index is 0.288. The minimum Gasteiger partial charge on any atom is -0.396 e. The largest absolute Gasteiger partial charge is 0.396 e. The Morgan fingerprint density at radius 3 is 2.88 bits per heavy atom. The van der Waals surface area contributed by atoms with Crippen LogP contribution in [0.1, 0.15) is 29.5 Å². The van der Waals surface area contributed by atoms with Crippen molar-refractivity contribution in [2.75, 3.05) is 24.6 Å². The lowest BCUT2D eigenvalue weighted by Gasteiger charge is -2.32. The second-order valence-corrected chi connectivity index (χ2v) is 4.75. The molecule has 0 saturated carbocycles. The summed E-state index contributed by atoms with van der Waals surface area (Å²) in [5, 5.41) is 8.93. The van der Waals surface area contributed by atoms with E-state index in [1.165, 1.54) is 35.2 Å². The predicted molar refractivity (Wildman–Crippen MR) is 68.2 cm³/mol. The van der Waals surface area contributed by atoms with Crippen molar-refractivity contribution >= 4 is 5.69 Å². The first-order chi connectivity index (χ1) is 7.72. The number of aryl methyl sites for hydroxylation is 2. The Morgan fingerprint density at radius 1 is 1.31 bits per heavy atom. The highest BCUT2D eigenvalue weighted by molar-refractivity contribution is 5.60. The molecule has 0 unspecified atom stereocenters. The number of rotatable bonds is 3. The first kappa shape index (κ1) is 11.5. The molecule has 1 aromatic carbocycles. The van der Waals surface area contributed by atoms with E-state index in [9.17, 15) is 0 Å². The first-order valence-corrected chi connectivity index (χ1v) is 6.18. The summed E-state index contributed by atoms with van der Waals surface area (Å²) < 4.78 is 0. The average molecular weight is 219 g/mol. The summed E-state index contributed by atoms with van der Waals surface area (Å²) in [4.78, 5) is 2.43. The quantitative estimate of drug-likeness (QED) is 0.844. The van der Waals surface area contributed by atoms with Gasteiger partial charge in [0.05, 0.1) is 0 Å². The number of aliphatic hydroxyl groups is 1. The van der Waals surface area contributed by atoms with Gasteiger partial charge in [0.1, 0.15) is 0 Å². The van der Waals surface area contributed by atoms with Gasteiger partial charge in [0.2, 0.25) is 0 Å². The summed E-state index contributed by atoms with van der Waals surface area (Å²) in [5.74, 6) is 0. The van der Waals surface area contributed by atoms with Crippen LogP contribution in [-0.4, -0.2) is 24.8 Å². The molecule has 0 radical (unpaired) electrons. The molecular weight excluding hydrogens is 198 g/mol. The molecule has 16 heavy (non-hydrogen) atoms. The lowest BCUT2D eigenvalue weighted by atomic mass is 9.95. The third-order valence-electron chi connectivity index (χ3n) is 3.38. The molecule has 2 heteroatoms. The summed E-state index contributed by atoms with van der Waals surface area (Å²) >= 11 is 0. The smallest absolute Gasteiger partial charge is 0.0447 e. The molecule has 0 bridgehead atoms. The van der Waals surface area contributed by atoms with Crippen LogP contribution < -0.4 is 4.90 Å². The Labute approximate surface area is 97.9 Å². The zero-order chi connectivity index (χ0) is 11.5. The second-order valence-electron chi connectivity index (χ2n) is 4.75. The summed E-state index contributed by atoms with van der Waals surface area (Å²) in [7, 11) is 0. The van der Waals surface area contributed by atoms with Crippen molar-refractivity contribution in [3.05, 3.63) is 28.8 Å². The number of benzene rings is 1. The molecule has 0 saturated heterocycles. The van der Waals surface area contributed by atoms with E-state index in [-0.39, 0.29) is 6.61 Å². The summed E-state index contributed by atoms with van der Waals surface area (Å²) in [6, 6.07) is 4.56. The number of nitrogens with zero attached hydrogens (tertiary/aromatic N) is 1. The Kier molecular flexibility index (Phi) is 3.49. The van der Waals surface area contributed by atoms with Crippen LogP contribution in [0.5, 0.6) is 0 Å². The van der Waals surface area contributed by atoms with Crippen molar-refractivity contribution in [3.8, 4) is 0 Å². The number of anilines is 1. The van der Waals surface area contributed by atoms with Crippen LogP contribution in [0, 0.1) is 13.8 Å². The van der Waals surface area contributed by atoms with Crippen molar-refractivity contribution in [1.29, 1.82) is 0 Å². The van der Waals surface area contributed by atoms with Gasteiger partial charge in [-0.3, -0.25) is 0 Å². The van der Waals surface area contributed by atoms with Crippen molar-refractivity contribution in [2.45, 2.75) is 33.1 Å². The van der Waals surface area contributed by atoms with Crippen LogP contribution in [0.2, 0.25) is 0 Å². The average Bonchev–Trinajstić information content (AvgIpc) is 2.26. The van der Waals surface area contributed by atoms with E-state index < -0.39 is 0 Å². The van der Waals surface area contributed by atoms with E-state index >= 15 is 0 Å². The normalized spacial score (nSPS) is 15.1. The molecule has 1 heterocycles. The van der Waals surface area contributed by atoms with Gasteiger partial charge in [0, 0.05) is 25.4 Å². The van der Waals surface area contributed by atoms with E-state index in [1.807, 2.05) is 0 Å². The molecule has 1 aliphatic rings. The number of hydrogen-bond donors (Lipinski definition) is 1. The molecule has 2 rings (SSSR count). The summed E-state index contributed by atoms with van der Waals surface area (Å²) in [5.41, 5.74) is 5.67. The lowest BCUT2D eigenvalue weighted by molar-refractivity contribution is 0.289. The van der Waals surface area contributed by atoms with Crippen LogP contribution >= 0.6 is 0 Å². The highest BCUT2D eigenvalue weighted by Crippen LogP contribution is 2.30. The molecule has 0 spiro atoms. The third-order valence-corrected chi connectivity index (χ3v) is 3.38. The highest BCUT2D eigenvalue weighted by Gasteiger charge is 2.18. The molecule has 88 valence electrons. The third kappa shape index (κ3) is 2.22. The molecule has 0 atom stereocenters. The fourth-order valence-electron chi connectivity index (χ4n) is 2.64. The second kappa shape index (κ2) is 4.88. The van der Waals surface area contributed by atoms with Gasteiger partial charge in [-0.1, -0.05) is 6.07 Å². The standard InChI is InChI=1S/C14H21NO/c1-11-9-12(2)13-5-3-6-15(7-4-8-16)14(13)10-11/h9-10,16H,3-8H2,1-2H3. The maximum Gasteiger partial charge on any atom is 0.0447 e. The molecule has 0 amide bonds. The van der Waals surface area contributed by atoms with Crippen LogP contribution in [0.4, 0.5) is 5.69 Å². The van der Waals surface area contributed by atoms with Gasteiger partial charge in [-0.2, -0.15) is 0 Å². The fourth-order valence-corrected chi connectivity index (χ4v) is 2.64. The molecule has 2 nitrogen and oxygen atoms in total. The first-order valence-electron chi connectivity index (χ1n) is 6.18. The van der Waals surface area contributed by atoms with Gasteiger partial charge in [-0.15, -0.1) is 0 Å². The van der Waals surface area contributed by atoms with E-state index in [0.29, 0.717) is 0 Å². The summed E-state index contributed by atoms with van der Waals surface area (Å²) in [6.07, 6.45) is 3.31. The Balaban J connectivity index is 2.30. The molecule has 0 fully saturated rings. The zero-order valence-corrected chi connectivity index (χ0v) is 10.3. The van der Waals surface area contributed by atoms with Crippen molar-refractivity contribution in [2.24, 2.45) is 0 Å². The molecule has 0 aliphatic carbocycles. The van der Waals surface area contributed by atoms with Crippen LogP contribution in [0.15, 0.2) is 12.1 Å². The zero-order valence-electron chi connectivity index (χ0n) is 10.3. The number of aliphatic hydroxyl groups excluding tert-OH is 1. The van der Waals surface area contributed by atoms with Crippen molar-refractivity contribution in [1.82, 2.24) is 0 Å². The summed E-state index contributed by atoms with van der Waals surface area (Å²) in [6.45, 7) is 6.77. The Morgan fingerprint density at radius 2 is 2.12 bits per heavy atom. The van der Waals surface area contributed by atoms with Crippen LogP contribution in [0.25, 0.3) is 0 Å². The van der Waals surface area contributed by atoms with E-state index in [1.54, 1.807) is 0 Å². The van der Waals surface area contributed by atoms with Crippen LogP contribution in [0.3, 0.4) is 0 Å². The lowest BCUT2D eigenvalue weighted by Crippen LogP contribution is -2.31. The highest BCUT2D eigenvalue weighted by atomic mass is 16.3. The van der Waals surface area contributed by atoms with Crippen molar-refractivity contribution in [3.63, 3.8) is 0 Å². The predicted octanol–water partition coefficient (Wildman–Crippen LogP) is 2.44. The Hall–Kier alpha value is -1.02.